The lowest BCUT2D eigenvalue weighted by Gasteiger charge is -2.26. The van der Waals surface area contributed by atoms with Gasteiger partial charge in [0.05, 0.1) is 21.2 Å². The van der Waals surface area contributed by atoms with Crippen LogP contribution in [-0.4, -0.2) is 42.7 Å². The summed E-state index contributed by atoms with van der Waals surface area (Å²) in [5.74, 6) is -1.85. The molecule has 5 nitrogen and oxygen atoms in total. The zero-order valence-electron chi connectivity index (χ0n) is 22.6. The predicted octanol–water partition coefficient (Wildman–Crippen LogP) is 7.68. The molecule has 0 aliphatic heterocycles. The summed E-state index contributed by atoms with van der Waals surface area (Å²) in [6.45, 7) is 2.53. The molecule has 1 unspecified atom stereocenters. The number of Topliss-reactive ketones (excluding diaryl/α,β-unsaturated/α-hetero) is 2. The first-order chi connectivity index (χ1) is 19.0. The smallest absolute Gasteiger partial charge is 0.400 e. The maximum absolute atomic E-state index is 13.3. The van der Waals surface area contributed by atoms with Gasteiger partial charge in [-0.25, -0.2) is 8.78 Å². The fourth-order valence-corrected chi connectivity index (χ4v) is 4.85. The molecule has 1 aliphatic rings. The van der Waals surface area contributed by atoms with Crippen molar-refractivity contribution in [3.05, 3.63) is 62.6 Å². The standard InChI is InChI=1S/C29H30Cl2F5NO4/c1-15(17-5-6-17)37-27(40)19-12-16(4-10-22(19)41-14-24(32)33)13-21(38)25-20(30)9-7-18(26(25)31)8-11-23(39)28(2,3)29(34,35)36/h4,7,9-10,12,15,17,24H,5-6,8,11,13-14H2,1-3H3,(H,37,40). The molecule has 1 saturated carbocycles. The number of rotatable bonds is 13. The number of benzene rings is 2. The molecule has 0 saturated heterocycles. The van der Waals surface area contributed by atoms with E-state index in [2.05, 4.69) is 5.32 Å². The van der Waals surface area contributed by atoms with Crippen LogP contribution in [0.5, 0.6) is 5.75 Å². The van der Waals surface area contributed by atoms with Gasteiger partial charge in [-0.15, -0.1) is 0 Å². The Bertz CT molecular complexity index is 1310. The molecule has 0 aromatic heterocycles. The maximum atomic E-state index is 13.3. The molecule has 1 atom stereocenters. The number of carbonyl (C=O) groups is 3. The van der Waals surface area contributed by atoms with Crippen LogP contribution < -0.4 is 10.1 Å². The van der Waals surface area contributed by atoms with Gasteiger partial charge in [-0.1, -0.05) is 35.3 Å². The van der Waals surface area contributed by atoms with Gasteiger partial charge in [0, 0.05) is 18.9 Å². The molecular weight excluding hydrogens is 592 g/mol. The van der Waals surface area contributed by atoms with Crippen LogP contribution in [0.25, 0.3) is 0 Å². The Morgan fingerprint density at radius 1 is 1.07 bits per heavy atom. The highest BCUT2D eigenvalue weighted by Crippen LogP contribution is 2.40. The van der Waals surface area contributed by atoms with Gasteiger partial charge in [-0.2, -0.15) is 13.2 Å². The molecule has 12 heteroatoms. The number of alkyl halides is 5. The van der Waals surface area contributed by atoms with Gasteiger partial charge < -0.3 is 10.1 Å². The number of halogens is 7. The maximum Gasteiger partial charge on any atom is 0.400 e. The minimum Gasteiger partial charge on any atom is -0.487 e. The summed E-state index contributed by atoms with van der Waals surface area (Å²) >= 11 is 12.7. The number of hydrogen-bond acceptors (Lipinski definition) is 4. The van der Waals surface area contributed by atoms with Crippen LogP contribution >= 0.6 is 23.2 Å². The van der Waals surface area contributed by atoms with Crippen LogP contribution in [0.1, 0.15) is 71.9 Å². The van der Waals surface area contributed by atoms with Gasteiger partial charge in [0.2, 0.25) is 0 Å². The number of nitrogens with one attached hydrogen (secondary N) is 1. The summed E-state index contributed by atoms with van der Waals surface area (Å²) in [4.78, 5) is 38.5. The van der Waals surface area contributed by atoms with Gasteiger partial charge in [0.25, 0.3) is 12.3 Å². The lowest BCUT2D eigenvalue weighted by atomic mass is 9.84. The van der Waals surface area contributed by atoms with E-state index in [4.69, 9.17) is 27.9 Å². The zero-order valence-corrected chi connectivity index (χ0v) is 24.2. The van der Waals surface area contributed by atoms with Gasteiger partial charge in [-0.05, 0) is 75.3 Å². The third kappa shape index (κ3) is 8.19. The van der Waals surface area contributed by atoms with E-state index in [-0.39, 0.29) is 51.4 Å². The van der Waals surface area contributed by atoms with Crippen molar-refractivity contribution in [2.24, 2.45) is 11.3 Å². The van der Waals surface area contributed by atoms with E-state index in [0.29, 0.717) is 11.5 Å². The van der Waals surface area contributed by atoms with Crippen molar-refractivity contribution in [1.82, 2.24) is 5.32 Å². The number of ether oxygens (including phenoxy) is 1. The molecule has 0 radical (unpaired) electrons. The second-order valence-corrected chi connectivity index (χ2v) is 11.5. The van der Waals surface area contributed by atoms with Crippen LogP contribution in [0.15, 0.2) is 30.3 Å². The Hall–Kier alpha value is -2.72. The van der Waals surface area contributed by atoms with Crippen LogP contribution in [-0.2, 0) is 17.6 Å². The highest BCUT2D eigenvalue weighted by molar-refractivity contribution is 6.40. The first-order valence-corrected chi connectivity index (χ1v) is 13.7. The number of aryl methyl sites for hydroxylation is 1. The molecule has 2 aromatic rings. The van der Waals surface area contributed by atoms with E-state index in [1.165, 1.54) is 30.3 Å². The highest BCUT2D eigenvalue weighted by Gasteiger charge is 2.52. The fraction of sp³-hybridized carbons (Fsp3) is 0.483. The summed E-state index contributed by atoms with van der Waals surface area (Å²) in [6, 6.07) is 6.82. The summed E-state index contributed by atoms with van der Waals surface area (Å²) in [6.07, 6.45) is -6.42. The van der Waals surface area contributed by atoms with E-state index >= 15 is 0 Å². The number of hydrogen-bond donors (Lipinski definition) is 1. The predicted molar refractivity (Wildman–Crippen MR) is 145 cm³/mol. The third-order valence-corrected chi connectivity index (χ3v) is 7.93. The molecule has 2 aromatic carbocycles. The van der Waals surface area contributed by atoms with E-state index in [1.807, 2.05) is 6.92 Å². The Balaban J connectivity index is 1.82. The second-order valence-electron chi connectivity index (χ2n) is 10.7. The quantitative estimate of drug-likeness (QED) is 0.184. The molecule has 224 valence electrons. The summed E-state index contributed by atoms with van der Waals surface area (Å²) < 4.78 is 70.3. The molecule has 41 heavy (non-hydrogen) atoms. The first kappa shape index (κ1) is 32.8. The number of amides is 1. The average Bonchev–Trinajstić information content (AvgIpc) is 3.72. The average molecular weight is 622 g/mol. The monoisotopic (exact) mass is 621 g/mol. The van der Waals surface area contributed by atoms with Crippen molar-refractivity contribution in [1.29, 1.82) is 0 Å². The lowest BCUT2D eigenvalue weighted by molar-refractivity contribution is -0.210. The Labute approximate surface area is 244 Å². The third-order valence-electron chi connectivity index (χ3n) is 7.18. The summed E-state index contributed by atoms with van der Waals surface area (Å²) in [5, 5.41) is 2.74. The van der Waals surface area contributed by atoms with Crippen molar-refractivity contribution in [2.75, 3.05) is 6.61 Å². The molecule has 1 aliphatic carbocycles. The zero-order chi connectivity index (χ0) is 30.7. The van der Waals surface area contributed by atoms with Gasteiger partial charge in [-0.3, -0.25) is 14.4 Å². The largest absolute Gasteiger partial charge is 0.487 e. The van der Waals surface area contributed by atoms with Gasteiger partial charge in [0.1, 0.15) is 23.6 Å². The second kappa shape index (κ2) is 13.1. The minimum atomic E-state index is -4.72. The van der Waals surface area contributed by atoms with Crippen molar-refractivity contribution in [2.45, 2.75) is 71.5 Å². The topological polar surface area (TPSA) is 72.5 Å². The fourth-order valence-electron chi connectivity index (χ4n) is 4.18. The summed E-state index contributed by atoms with van der Waals surface area (Å²) in [7, 11) is 0. The molecule has 0 heterocycles. The van der Waals surface area contributed by atoms with Gasteiger partial charge >= 0.3 is 6.18 Å². The first-order valence-electron chi connectivity index (χ1n) is 13.0. The molecule has 1 amide bonds. The normalized spacial score (nSPS) is 14.6. The number of ketones is 2. The molecule has 1 N–H and O–H groups in total. The molecular formula is C29H30Cl2F5NO4. The van der Waals surface area contributed by atoms with Crippen LogP contribution in [0, 0.1) is 11.3 Å². The minimum absolute atomic E-state index is 0.00110. The van der Waals surface area contributed by atoms with Crippen molar-refractivity contribution in [3.8, 4) is 5.75 Å². The van der Waals surface area contributed by atoms with E-state index in [1.54, 1.807) is 0 Å². The van der Waals surface area contributed by atoms with Crippen LogP contribution in [0.4, 0.5) is 22.0 Å². The molecule has 0 spiro atoms. The Morgan fingerprint density at radius 3 is 2.32 bits per heavy atom. The number of carbonyl (C=O) groups excluding carboxylic acids is 3. The van der Waals surface area contributed by atoms with Crippen molar-refractivity contribution < 1.29 is 41.1 Å². The van der Waals surface area contributed by atoms with Crippen molar-refractivity contribution in [3.63, 3.8) is 0 Å². The van der Waals surface area contributed by atoms with Crippen molar-refractivity contribution >= 4 is 40.7 Å². The Kier molecular flexibility index (Phi) is 10.5. The van der Waals surface area contributed by atoms with E-state index in [0.717, 1.165) is 26.7 Å². The highest BCUT2D eigenvalue weighted by atomic mass is 35.5. The Morgan fingerprint density at radius 2 is 1.73 bits per heavy atom. The molecule has 1 fully saturated rings. The molecule has 0 bridgehead atoms. The van der Waals surface area contributed by atoms with Crippen LogP contribution in [0.2, 0.25) is 10.0 Å². The van der Waals surface area contributed by atoms with E-state index < -0.39 is 48.5 Å². The molecule has 3 rings (SSSR count). The summed E-state index contributed by atoms with van der Waals surface area (Å²) in [5.41, 5.74) is -2.02. The van der Waals surface area contributed by atoms with E-state index in [9.17, 15) is 36.3 Å². The van der Waals surface area contributed by atoms with Crippen LogP contribution in [0.3, 0.4) is 0 Å². The lowest BCUT2D eigenvalue weighted by Crippen LogP contribution is -2.39. The van der Waals surface area contributed by atoms with Gasteiger partial charge in [0.15, 0.2) is 5.78 Å². The SMILES string of the molecule is CC(NC(=O)c1cc(CC(=O)c2c(Cl)ccc(CCC(=O)C(C)(C)C(F)(F)F)c2Cl)ccc1OCC(F)F)C1CC1.